The number of benzene rings is 2. The summed E-state index contributed by atoms with van der Waals surface area (Å²) in [4.78, 5) is 23.9. The zero-order chi connectivity index (χ0) is 19.1. The number of carbonyl (C=O) groups is 2. The summed E-state index contributed by atoms with van der Waals surface area (Å²) in [6.45, 7) is 1.97. The minimum atomic E-state index is -0.0602. The van der Waals surface area contributed by atoms with E-state index < -0.39 is 0 Å². The average Bonchev–Trinajstić information content (AvgIpc) is 2.72. The zero-order valence-electron chi connectivity index (χ0n) is 15.9. The molecule has 142 valence electrons. The van der Waals surface area contributed by atoms with Crippen LogP contribution in [0.25, 0.3) is 0 Å². The number of nitrogens with one attached hydrogen (secondary N) is 2. The molecule has 0 aromatic heterocycles. The topological polar surface area (TPSA) is 58.2 Å². The molecule has 3 rings (SSSR count). The third-order valence-electron chi connectivity index (χ3n) is 5.32. The number of amides is 2. The summed E-state index contributed by atoms with van der Waals surface area (Å²) >= 11 is 0. The normalized spacial score (nSPS) is 15.7. The van der Waals surface area contributed by atoms with Crippen molar-refractivity contribution < 1.29 is 9.59 Å². The summed E-state index contributed by atoms with van der Waals surface area (Å²) in [5, 5.41) is 6.05. The van der Waals surface area contributed by atoms with Crippen LogP contribution in [0.1, 0.15) is 66.6 Å². The van der Waals surface area contributed by atoms with Crippen LogP contribution in [0.5, 0.6) is 0 Å². The molecule has 1 saturated carbocycles. The third-order valence-corrected chi connectivity index (χ3v) is 5.32. The molecule has 4 heteroatoms. The Labute approximate surface area is 161 Å². The van der Waals surface area contributed by atoms with E-state index in [2.05, 4.69) is 22.8 Å². The molecule has 2 aromatic rings. The summed E-state index contributed by atoms with van der Waals surface area (Å²) in [6, 6.07) is 17.8. The van der Waals surface area contributed by atoms with E-state index >= 15 is 0 Å². The van der Waals surface area contributed by atoms with Crippen molar-refractivity contribution in [2.45, 2.75) is 51.6 Å². The summed E-state index contributed by atoms with van der Waals surface area (Å²) in [6.07, 6.45) is 6.09. The lowest BCUT2D eigenvalue weighted by molar-refractivity contribution is -0.119. The van der Waals surface area contributed by atoms with Crippen LogP contribution in [-0.4, -0.2) is 11.8 Å². The Kier molecular flexibility index (Phi) is 6.64. The highest BCUT2D eigenvalue weighted by molar-refractivity contribution is 5.94. The van der Waals surface area contributed by atoms with Gasteiger partial charge >= 0.3 is 0 Å². The molecule has 0 saturated heterocycles. The van der Waals surface area contributed by atoms with Crippen LogP contribution in [-0.2, 0) is 11.3 Å². The average molecular weight is 364 g/mol. The maximum Gasteiger partial charge on any atom is 0.251 e. The van der Waals surface area contributed by atoms with Crippen molar-refractivity contribution in [2.24, 2.45) is 5.92 Å². The second-order valence-electron chi connectivity index (χ2n) is 7.37. The first-order valence-electron chi connectivity index (χ1n) is 9.82. The van der Waals surface area contributed by atoms with Gasteiger partial charge in [0.2, 0.25) is 5.91 Å². The Balaban J connectivity index is 1.71. The molecule has 0 bridgehead atoms. The van der Waals surface area contributed by atoms with Crippen molar-refractivity contribution in [2.75, 3.05) is 0 Å². The lowest BCUT2D eigenvalue weighted by atomic mass is 9.81. The van der Waals surface area contributed by atoms with E-state index in [1.165, 1.54) is 31.7 Å². The fraction of sp³-hybridized carbons (Fsp3) is 0.391. The highest BCUT2D eigenvalue weighted by Gasteiger charge is 2.26. The summed E-state index contributed by atoms with van der Waals surface area (Å²) in [5.41, 5.74) is 2.81. The van der Waals surface area contributed by atoms with Gasteiger partial charge in [0.15, 0.2) is 0 Å². The van der Waals surface area contributed by atoms with Gasteiger partial charge in [0.25, 0.3) is 5.91 Å². The van der Waals surface area contributed by atoms with Crippen molar-refractivity contribution in [1.82, 2.24) is 10.6 Å². The molecule has 1 atom stereocenters. The Bertz CT molecular complexity index is 750. The molecular weight excluding hydrogens is 336 g/mol. The molecule has 1 aliphatic carbocycles. The summed E-state index contributed by atoms with van der Waals surface area (Å²) in [5.74, 6) is 0.389. The number of hydrogen-bond donors (Lipinski definition) is 2. The first-order valence-corrected chi connectivity index (χ1v) is 9.82. The van der Waals surface area contributed by atoms with Crippen LogP contribution in [0.15, 0.2) is 54.6 Å². The summed E-state index contributed by atoms with van der Waals surface area (Å²) < 4.78 is 0. The zero-order valence-corrected chi connectivity index (χ0v) is 15.9. The molecule has 27 heavy (non-hydrogen) atoms. The minimum Gasteiger partial charge on any atom is -0.352 e. The van der Waals surface area contributed by atoms with Crippen molar-refractivity contribution in [3.8, 4) is 0 Å². The van der Waals surface area contributed by atoms with E-state index in [4.69, 9.17) is 0 Å². The van der Waals surface area contributed by atoms with Crippen molar-refractivity contribution >= 4 is 11.8 Å². The second-order valence-corrected chi connectivity index (χ2v) is 7.37. The van der Waals surface area contributed by atoms with Crippen LogP contribution in [0.4, 0.5) is 0 Å². The first-order chi connectivity index (χ1) is 13.1. The van der Waals surface area contributed by atoms with Gasteiger partial charge in [0.1, 0.15) is 0 Å². The highest BCUT2D eigenvalue weighted by Crippen LogP contribution is 2.34. The lowest BCUT2D eigenvalue weighted by Crippen LogP contribution is -2.34. The molecule has 0 unspecified atom stereocenters. The van der Waals surface area contributed by atoms with Crippen LogP contribution in [0.3, 0.4) is 0 Å². The predicted octanol–water partition coefficient (Wildman–Crippen LogP) is 4.37. The molecule has 1 aliphatic rings. The monoisotopic (exact) mass is 364 g/mol. The van der Waals surface area contributed by atoms with Crippen molar-refractivity contribution in [3.63, 3.8) is 0 Å². The Hall–Kier alpha value is -2.62. The van der Waals surface area contributed by atoms with E-state index in [0.29, 0.717) is 18.0 Å². The SMILES string of the molecule is CC(=O)NCc1ccc(C(=O)N[C@H](c2ccccc2)C2CCCCC2)cc1. The van der Waals surface area contributed by atoms with E-state index in [9.17, 15) is 9.59 Å². The van der Waals surface area contributed by atoms with Gasteiger partial charge in [-0.05, 0) is 42.0 Å². The van der Waals surface area contributed by atoms with E-state index in [0.717, 1.165) is 18.4 Å². The fourth-order valence-electron chi connectivity index (χ4n) is 3.83. The van der Waals surface area contributed by atoms with Gasteiger partial charge in [-0.2, -0.15) is 0 Å². The maximum absolute atomic E-state index is 12.9. The Morgan fingerprint density at radius 3 is 2.26 bits per heavy atom. The van der Waals surface area contributed by atoms with Crippen molar-refractivity contribution in [1.29, 1.82) is 0 Å². The van der Waals surface area contributed by atoms with E-state index in [1.807, 2.05) is 42.5 Å². The van der Waals surface area contributed by atoms with E-state index in [1.54, 1.807) is 0 Å². The van der Waals surface area contributed by atoms with E-state index in [-0.39, 0.29) is 17.9 Å². The molecule has 0 radical (unpaired) electrons. The largest absolute Gasteiger partial charge is 0.352 e. The van der Waals surface area contributed by atoms with Gasteiger partial charge in [-0.3, -0.25) is 9.59 Å². The first kappa shape index (κ1) is 19.2. The second kappa shape index (κ2) is 9.36. The van der Waals surface area contributed by atoms with Crippen LogP contribution in [0, 0.1) is 5.92 Å². The maximum atomic E-state index is 12.9. The quantitative estimate of drug-likeness (QED) is 0.799. The third kappa shape index (κ3) is 5.43. The summed E-state index contributed by atoms with van der Waals surface area (Å²) in [7, 11) is 0. The number of hydrogen-bond acceptors (Lipinski definition) is 2. The number of carbonyl (C=O) groups excluding carboxylic acids is 2. The van der Waals surface area contributed by atoms with Gasteiger partial charge in [0.05, 0.1) is 6.04 Å². The molecular formula is C23H28N2O2. The standard InChI is InChI=1S/C23H28N2O2/c1-17(26)24-16-18-12-14-21(15-13-18)23(27)25-22(19-8-4-2-5-9-19)20-10-6-3-7-11-20/h2,4-5,8-9,12-15,20,22H,3,6-7,10-11,16H2,1H3,(H,24,26)(H,25,27)/t22-/m1/s1. The highest BCUT2D eigenvalue weighted by atomic mass is 16.2. The molecule has 1 fully saturated rings. The molecule has 4 nitrogen and oxygen atoms in total. The van der Waals surface area contributed by atoms with Gasteiger partial charge in [-0.25, -0.2) is 0 Å². The molecule has 0 aliphatic heterocycles. The number of rotatable bonds is 6. The van der Waals surface area contributed by atoms with Crippen LogP contribution < -0.4 is 10.6 Å². The molecule has 0 heterocycles. The van der Waals surface area contributed by atoms with Crippen molar-refractivity contribution in [3.05, 3.63) is 71.3 Å². The Morgan fingerprint density at radius 2 is 1.63 bits per heavy atom. The molecule has 2 aromatic carbocycles. The minimum absolute atomic E-state index is 0.0412. The fourth-order valence-corrected chi connectivity index (χ4v) is 3.83. The Morgan fingerprint density at radius 1 is 0.963 bits per heavy atom. The van der Waals surface area contributed by atoms with Gasteiger partial charge in [-0.15, -0.1) is 0 Å². The molecule has 2 N–H and O–H groups in total. The molecule has 0 spiro atoms. The smallest absolute Gasteiger partial charge is 0.251 e. The lowest BCUT2D eigenvalue weighted by Gasteiger charge is -2.31. The molecule has 2 amide bonds. The predicted molar refractivity (Wildman–Crippen MR) is 107 cm³/mol. The van der Waals surface area contributed by atoms with Crippen LogP contribution >= 0.6 is 0 Å². The van der Waals surface area contributed by atoms with Gasteiger partial charge in [-0.1, -0.05) is 61.7 Å². The van der Waals surface area contributed by atoms with Gasteiger partial charge in [0, 0.05) is 19.0 Å². The van der Waals surface area contributed by atoms with Gasteiger partial charge < -0.3 is 10.6 Å². The van der Waals surface area contributed by atoms with Crippen LogP contribution in [0.2, 0.25) is 0 Å².